The van der Waals surface area contributed by atoms with E-state index in [-0.39, 0.29) is 19.0 Å². The predicted molar refractivity (Wildman–Crippen MR) is 59.0 cm³/mol. The van der Waals surface area contributed by atoms with Crippen molar-refractivity contribution in [3.63, 3.8) is 0 Å². The average Bonchev–Trinajstić information content (AvgIpc) is 2.19. The van der Waals surface area contributed by atoms with Gasteiger partial charge in [-0.25, -0.2) is 4.39 Å². The molecule has 0 spiro atoms. The number of benzene rings is 1. The minimum atomic E-state index is -1.08. The number of aliphatic carboxylic acids is 1. The molecule has 1 saturated heterocycles. The van der Waals surface area contributed by atoms with Crippen LogP contribution in [0.25, 0.3) is 0 Å². The number of rotatable bonds is 3. The quantitative estimate of drug-likeness (QED) is 0.832. The summed E-state index contributed by atoms with van der Waals surface area (Å²) in [6.45, 7) is 1.82. The number of carboxylic acid groups (broad SMARTS) is 1. The van der Waals surface area contributed by atoms with Gasteiger partial charge < -0.3 is 15.6 Å². The summed E-state index contributed by atoms with van der Waals surface area (Å²) in [5.41, 5.74) is 5.97. The molecule has 1 heterocycles. The molecule has 1 fully saturated rings. The highest BCUT2D eigenvalue weighted by atomic mass is 19.1. The fraction of sp³-hybridized carbons (Fsp3) is 0.417. The van der Waals surface area contributed by atoms with Gasteiger partial charge in [-0.05, 0) is 24.1 Å². The zero-order chi connectivity index (χ0) is 12.6. The minimum Gasteiger partial charge on any atom is -0.481 e. The number of ether oxygens (including phenoxy) is 1. The van der Waals surface area contributed by atoms with E-state index in [1.807, 2.05) is 0 Å². The van der Waals surface area contributed by atoms with E-state index < -0.39 is 17.4 Å². The fourth-order valence-electron chi connectivity index (χ4n) is 1.94. The maximum atomic E-state index is 13.1. The number of hydrogen-bond donors (Lipinski definition) is 2. The Kier molecular flexibility index (Phi) is 2.89. The molecule has 3 N–H and O–H groups in total. The Balaban J connectivity index is 2.33. The molecule has 1 aliphatic heterocycles. The van der Waals surface area contributed by atoms with Crippen molar-refractivity contribution in [1.82, 2.24) is 0 Å². The molecule has 4 nitrogen and oxygen atoms in total. The lowest BCUT2D eigenvalue weighted by atomic mass is 9.75. The van der Waals surface area contributed by atoms with E-state index >= 15 is 0 Å². The zero-order valence-corrected chi connectivity index (χ0v) is 9.44. The van der Waals surface area contributed by atoms with Gasteiger partial charge in [-0.15, -0.1) is 0 Å². The summed E-state index contributed by atoms with van der Waals surface area (Å²) in [6.07, 6.45) is 0. The van der Waals surface area contributed by atoms with Crippen molar-refractivity contribution >= 4 is 5.97 Å². The van der Waals surface area contributed by atoms with Crippen LogP contribution in [0.3, 0.4) is 0 Å². The van der Waals surface area contributed by atoms with E-state index in [2.05, 4.69) is 0 Å². The fourth-order valence-corrected chi connectivity index (χ4v) is 1.94. The van der Waals surface area contributed by atoms with Gasteiger partial charge in [-0.1, -0.05) is 12.1 Å². The third-order valence-electron chi connectivity index (χ3n) is 3.28. The molecular formula is C12H14FNO3. The van der Waals surface area contributed by atoms with Crippen molar-refractivity contribution in [2.24, 2.45) is 11.1 Å². The van der Waals surface area contributed by atoms with Crippen molar-refractivity contribution in [2.45, 2.75) is 13.0 Å². The van der Waals surface area contributed by atoms with Gasteiger partial charge >= 0.3 is 5.97 Å². The Bertz CT molecular complexity index is 457. The van der Waals surface area contributed by atoms with Crippen molar-refractivity contribution in [3.8, 4) is 0 Å². The van der Waals surface area contributed by atoms with Crippen LogP contribution in [0, 0.1) is 18.2 Å². The molecule has 1 unspecified atom stereocenters. The van der Waals surface area contributed by atoms with E-state index in [9.17, 15) is 14.3 Å². The number of nitrogens with two attached hydrogens (primary N) is 1. The van der Waals surface area contributed by atoms with Crippen molar-refractivity contribution in [2.75, 3.05) is 13.2 Å². The first-order valence-electron chi connectivity index (χ1n) is 5.30. The van der Waals surface area contributed by atoms with Crippen molar-refractivity contribution in [1.29, 1.82) is 0 Å². The Hall–Kier alpha value is -1.46. The van der Waals surface area contributed by atoms with Gasteiger partial charge in [0, 0.05) is 0 Å². The summed E-state index contributed by atoms with van der Waals surface area (Å²) in [7, 11) is 0. The minimum absolute atomic E-state index is 0.0971. The van der Waals surface area contributed by atoms with Crippen LogP contribution in [-0.2, 0) is 9.53 Å². The lowest BCUT2D eigenvalue weighted by Crippen LogP contribution is -2.55. The molecule has 0 radical (unpaired) electrons. The molecule has 5 heteroatoms. The van der Waals surface area contributed by atoms with Crippen molar-refractivity contribution < 1.29 is 19.0 Å². The molecule has 0 aliphatic carbocycles. The van der Waals surface area contributed by atoms with Crippen LogP contribution in [0.15, 0.2) is 18.2 Å². The summed E-state index contributed by atoms with van der Waals surface area (Å²) >= 11 is 0. The summed E-state index contributed by atoms with van der Waals surface area (Å²) in [6, 6.07) is 3.73. The van der Waals surface area contributed by atoms with Crippen LogP contribution in [-0.4, -0.2) is 24.3 Å². The monoisotopic (exact) mass is 239 g/mol. The first-order valence-corrected chi connectivity index (χ1v) is 5.30. The van der Waals surface area contributed by atoms with Gasteiger partial charge in [0.15, 0.2) is 0 Å². The Morgan fingerprint density at radius 3 is 2.65 bits per heavy atom. The van der Waals surface area contributed by atoms with Crippen LogP contribution in [0.1, 0.15) is 17.2 Å². The number of halogens is 1. The molecule has 17 heavy (non-hydrogen) atoms. The standard InChI is InChI=1S/C12H14FNO3/c1-7-4-8(2-3-9(7)13)10(14)12(11(15)16)5-17-6-12/h2-4,10H,5-6,14H2,1H3,(H,15,16). The van der Waals surface area contributed by atoms with Gasteiger partial charge in [-0.3, -0.25) is 4.79 Å². The molecule has 1 atom stereocenters. The second-order valence-electron chi connectivity index (χ2n) is 4.44. The highest BCUT2D eigenvalue weighted by Crippen LogP contribution is 2.39. The van der Waals surface area contributed by atoms with E-state index in [0.29, 0.717) is 11.1 Å². The predicted octanol–water partition coefficient (Wildman–Crippen LogP) is 1.24. The van der Waals surface area contributed by atoms with Gasteiger partial charge in [-0.2, -0.15) is 0 Å². The van der Waals surface area contributed by atoms with E-state index in [1.54, 1.807) is 13.0 Å². The molecule has 2 rings (SSSR count). The molecule has 0 saturated carbocycles. The molecule has 0 bridgehead atoms. The highest BCUT2D eigenvalue weighted by molar-refractivity contribution is 5.77. The summed E-state index contributed by atoms with van der Waals surface area (Å²) < 4.78 is 18.1. The van der Waals surface area contributed by atoms with E-state index in [1.165, 1.54) is 12.1 Å². The van der Waals surface area contributed by atoms with Gasteiger partial charge in [0.2, 0.25) is 0 Å². The van der Waals surface area contributed by atoms with Gasteiger partial charge in [0.1, 0.15) is 11.2 Å². The first kappa shape index (κ1) is 12.0. The third-order valence-corrected chi connectivity index (χ3v) is 3.28. The van der Waals surface area contributed by atoms with Crippen molar-refractivity contribution in [3.05, 3.63) is 35.1 Å². The number of aryl methyl sites for hydroxylation is 1. The largest absolute Gasteiger partial charge is 0.481 e. The van der Waals surface area contributed by atoms with Crippen LogP contribution in [0.5, 0.6) is 0 Å². The molecule has 0 aromatic heterocycles. The second kappa shape index (κ2) is 4.09. The smallest absolute Gasteiger partial charge is 0.316 e. The van der Waals surface area contributed by atoms with E-state index in [0.717, 1.165) is 0 Å². The molecule has 1 aliphatic rings. The number of hydrogen-bond acceptors (Lipinski definition) is 3. The maximum Gasteiger partial charge on any atom is 0.316 e. The SMILES string of the molecule is Cc1cc(C(N)C2(C(=O)O)COC2)ccc1F. The Morgan fingerprint density at radius 1 is 1.59 bits per heavy atom. The molecule has 1 aromatic carbocycles. The van der Waals surface area contributed by atoms with Crippen LogP contribution in [0.4, 0.5) is 4.39 Å². The highest BCUT2D eigenvalue weighted by Gasteiger charge is 2.51. The normalized spacial score (nSPS) is 19.5. The third kappa shape index (κ3) is 1.81. The number of carbonyl (C=O) groups is 1. The lowest BCUT2D eigenvalue weighted by Gasteiger charge is -2.42. The van der Waals surface area contributed by atoms with Crippen LogP contribution < -0.4 is 5.73 Å². The Morgan fingerprint density at radius 2 is 2.24 bits per heavy atom. The first-order chi connectivity index (χ1) is 7.97. The van der Waals surface area contributed by atoms with E-state index in [4.69, 9.17) is 10.5 Å². The maximum absolute atomic E-state index is 13.1. The number of carboxylic acids is 1. The zero-order valence-electron chi connectivity index (χ0n) is 9.44. The molecular weight excluding hydrogens is 225 g/mol. The summed E-state index contributed by atoms with van der Waals surface area (Å²) in [5, 5.41) is 9.21. The topological polar surface area (TPSA) is 72.6 Å². The molecule has 1 aromatic rings. The molecule has 0 amide bonds. The Labute approximate surface area is 98.2 Å². The van der Waals surface area contributed by atoms with Gasteiger partial charge in [0.05, 0.1) is 19.3 Å². The lowest BCUT2D eigenvalue weighted by molar-refractivity contribution is -0.184. The summed E-state index contributed by atoms with van der Waals surface area (Å²) in [4.78, 5) is 11.2. The second-order valence-corrected chi connectivity index (χ2v) is 4.44. The van der Waals surface area contributed by atoms with Crippen LogP contribution in [0.2, 0.25) is 0 Å². The summed E-state index contributed by atoms with van der Waals surface area (Å²) in [5.74, 6) is -1.30. The van der Waals surface area contributed by atoms with Gasteiger partial charge in [0.25, 0.3) is 0 Å². The average molecular weight is 239 g/mol. The van der Waals surface area contributed by atoms with Crippen LogP contribution >= 0.6 is 0 Å². The molecule has 92 valence electrons.